The number of hydrogen-bond acceptors (Lipinski definition) is 5. The SMILES string of the molecule is CN(Cc1cc(-c2cccs2)n[nH]1)C(=O)c1cnc2c(c1)ncn2C1CC1. The summed E-state index contributed by atoms with van der Waals surface area (Å²) >= 11 is 1.64. The molecule has 0 saturated heterocycles. The normalized spacial score (nSPS) is 14.0. The van der Waals surface area contributed by atoms with E-state index in [-0.39, 0.29) is 5.91 Å². The lowest BCUT2D eigenvalue weighted by Crippen LogP contribution is -2.26. The van der Waals surface area contributed by atoms with Crippen LogP contribution in [0.4, 0.5) is 0 Å². The number of rotatable bonds is 5. The van der Waals surface area contributed by atoms with E-state index in [2.05, 4.69) is 24.7 Å². The molecule has 4 heterocycles. The smallest absolute Gasteiger partial charge is 0.255 e. The van der Waals surface area contributed by atoms with Crippen LogP contribution < -0.4 is 0 Å². The van der Waals surface area contributed by atoms with E-state index in [1.54, 1.807) is 29.5 Å². The molecule has 7 nitrogen and oxygen atoms in total. The minimum Gasteiger partial charge on any atom is -0.336 e. The quantitative estimate of drug-likeness (QED) is 0.576. The molecule has 0 bridgehead atoms. The third-order valence-electron chi connectivity index (χ3n) is 4.76. The number of carbonyl (C=O) groups is 1. The number of hydrogen-bond donors (Lipinski definition) is 1. The first kappa shape index (κ1) is 16.2. The van der Waals surface area contributed by atoms with Crippen LogP contribution in [0.25, 0.3) is 21.7 Å². The zero-order valence-corrected chi connectivity index (χ0v) is 15.6. The van der Waals surface area contributed by atoms with Crippen LogP contribution in [0, 0.1) is 0 Å². The predicted octanol–water partition coefficient (Wildman–Crippen LogP) is 3.49. The van der Waals surface area contributed by atoms with E-state index < -0.39 is 0 Å². The second-order valence-corrected chi connectivity index (χ2v) is 7.81. The van der Waals surface area contributed by atoms with Gasteiger partial charge in [-0.1, -0.05) is 6.07 Å². The van der Waals surface area contributed by atoms with Gasteiger partial charge in [-0.05, 0) is 36.4 Å². The molecule has 1 amide bonds. The summed E-state index contributed by atoms with van der Waals surface area (Å²) in [5, 5.41) is 9.37. The Balaban J connectivity index is 1.33. The number of imidazole rings is 1. The Bertz CT molecular complexity index is 1110. The Kier molecular flexibility index (Phi) is 3.78. The highest BCUT2D eigenvalue weighted by Crippen LogP contribution is 2.36. The number of fused-ring (bicyclic) bond motifs is 1. The minimum absolute atomic E-state index is 0.0855. The number of thiophene rings is 1. The monoisotopic (exact) mass is 378 g/mol. The van der Waals surface area contributed by atoms with Crippen LogP contribution in [0.1, 0.15) is 34.9 Å². The van der Waals surface area contributed by atoms with Crippen molar-refractivity contribution in [3.05, 3.63) is 53.4 Å². The molecule has 1 aliphatic rings. The van der Waals surface area contributed by atoms with Gasteiger partial charge < -0.3 is 9.47 Å². The lowest BCUT2D eigenvalue weighted by molar-refractivity contribution is 0.0783. The van der Waals surface area contributed by atoms with E-state index in [9.17, 15) is 4.79 Å². The van der Waals surface area contributed by atoms with Crippen molar-refractivity contribution in [3.8, 4) is 10.6 Å². The van der Waals surface area contributed by atoms with Crippen molar-refractivity contribution in [2.45, 2.75) is 25.4 Å². The molecule has 5 rings (SSSR count). The Hall–Kier alpha value is -3.00. The summed E-state index contributed by atoms with van der Waals surface area (Å²) in [7, 11) is 1.78. The van der Waals surface area contributed by atoms with Crippen molar-refractivity contribution in [2.24, 2.45) is 0 Å². The Morgan fingerprint density at radius 2 is 2.26 bits per heavy atom. The zero-order valence-electron chi connectivity index (χ0n) is 14.8. The van der Waals surface area contributed by atoms with Crippen molar-refractivity contribution < 1.29 is 4.79 Å². The Morgan fingerprint density at radius 3 is 3.04 bits per heavy atom. The molecule has 1 N–H and O–H groups in total. The van der Waals surface area contributed by atoms with Crippen molar-refractivity contribution in [1.29, 1.82) is 0 Å². The average molecular weight is 378 g/mol. The highest BCUT2D eigenvalue weighted by atomic mass is 32.1. The second kappa shape index (κ2) is 6.31. The van der Waals surface area contributed by atoms with E-state index in [0.29, 0.717) is 18.2 Å². The molecule has 0 spiro atoms. The van der Waals surface area contributed by atoms with E-state index in [1.807, 2.05) is 36.0 Å². The van der Waals surface area contributed by atoms with Gasteiger partial charge in [0, 0.05) is 19.3 Å². The van der Waals surface area contributed by atoms with E-state index >= 15 is 0 Å². The lowest BCUT2D eigenvalue weighted by Gasteiger charge is -2.15. The molecule has 1 saturated carbocycles. The second-order valence-electron chi connectivity index (χ2n) is 6.87. The van der Waals surface area contributed by atoms with Gasteiger partial charge in [-0.25, -0.2) is 9.97 Å². The third-order valence-corrected chi connectivity index (χ3v) is 5.65. The van der Waals surface area contributed by atoms with Gasteiger partial charge in [0.05, 0.1) is 29.0 Å². The highest BCUT2D eigenvalue weighted by Gasteiger charge is 2.26. The van der Waals surface area contributed by atoms with Gasteiger partial charge in [-0.15, -0.1) is 11.3 Å². The van der Waals surface area contributed by atoms with Crippen molar-refractivity contribution in [2.75, 3.05) is 7.05 Å². The number of nitrogens with one attached hydrogen (secondary N) is 1. The number of carbonyl (C=O) groups excluding carboxylic acids is 1. The standard InChI is InChI=1S/C19H18N6OS/c1-24(10-13-8-15(23-22-13)17-3-2-6-27-17)19(26)12-7-16-18(20-9-12)25(11-21-16)14-4-5-14/h2-3,6-9,11,14H,4-5,10H2,1H3,(H,22,23). The molecule has 0 aromatic carbocycles. The fourth-order valence-electron chi connectivity index (χ4n) is 3.20. The first-order chi connectivity index (χ1) is 13.2. The van der Waals surface area contributed by atoms with E-state index in [4.69, 9.17) is 0 Å². The molecule has 0 atom stereocenters. The molecule has 0 unspecified atom stereocenters. The largest absolute Gasteiger partial charge is 0.336 e. The zero-order chi connectivity index (χ0) is 18.4. The molecule has 27 heavy (non-hydrogen) atoms. The van der Waals surface area contributed by atoms with Gasteiger partial charge >= 0.3 is 0 Å². The molecular weight excluding hydrogens is 360 g/mol. The molecule has 1 fully saturated rings. The van der Waals surface area contributed by atoms with Crippen LogP contribution in [0.3, 0.4) is 0 Å². The van der Waals surface area contributed by atoms with Crippen LogP contribution in [0.5, 0.6) is 0 Å². The topological polar surface area (TPSA) is 79.7 Å². The summed E-state index contributed by atoms with van der Waals surface area (Å²) in [6.07, 6.45) is 5.82. The van der Waals surface area contributed by atoms with Crippen LogP contribution >= 0.6 is 11.3 Å². The highest BCUT2D eigenvalue weighted by molar-refractivity contribution is 7.13. The van der Waals surface area contributed by atoms with Crippen molar-refractivity contribution in [3.63, 3.8) is 0 Å². The molecule has 0 radical (unpaired) electrons. The number of pyridine rings is 1. The number of amides is 1. The molecule has 136 valence electrons. The maximum absolute atomic E-state index is 12.8. The van der Waals surface area contributed by atoms with Crippen LogP contribution in [0.2, 0.25) is 0 Å². The van der Waals surface area contributed by atoms with Gasteiger partial charge in [0.15, 0.2) is 5.65 Å². The fourth-order valence-corrected chi connectivity index (χ4v) is 3.88. The van der Waals surface area contributed by atoms with Gasteiger partial charge in [0.2, 0.25) is 0 Å². The summed E-state index contributed by atoms with van der Waals surface area (Å²) in [4.78, 5) is 24.5. The van der Waals surface area contributed by atoms with E-state index in [0.717, 1.165) is 27.4 Å². The Morgan fingerprint density at radius 1 is 1.37 bits per heavy atom. The molecule has 4 aromatic rings. The maximum atomic E-state index is 12.8. The molecule has 1 aliphatic carbocycles. The first-order valence-electron chi connectivity index (χ1n) is 8.85. The molecule has 8 heteroatoms. The van der Waals surface area contributed by atoms with Gasteiger partial charge in [-0.3, -0.25) is 9.89 Å². The number of nitrogens with zero attached hydrogens (tertiary/aromatic N) is 5. The van der Waals surface area contributed by atoms with Gasteiger partial charge in [0.1, 0.15) is 11.2 Å². The number of H-pyrrole nitrogens is 1. The summed E-state index contributed by atoms with van der Waals surface area (Å²) < 4.78 is 2.10. The summed E-state index contributed by atoms with van der Waals surface area (Å²) in [5.41, 5.74) is 3.95. The summed E-state index contributed by atoms with van der Waals surface area (Å²) in [5.74, 6) is -0.0855. The van der Waals surface area contributed by atoms with Gasteiger partial charge in [0.25, 0.3) is 5.91 Å². The summed E-state index contributed by atoms with van der Waals surface area (Å²) in [6.45, 7) is 0.450. The number of aromatic nitrogens is 5. The number of aromatic amines is 1. The maximum Gasteiger partial charge on any atom is 0.255 e. The van der Waals surface area contributed by atoms with Crippen molar-refractivity contribution in [1.82, 2.24) is 29.6 Å². The predicted molar refractivity (Wildman–Crippen MR) is 103 cm³/mol. The van der Waals surface area contributed by atoms with Crippen LogP contribution in [-0.2, 0) is 6.54 Å². The lowest BCUT2D eigenvalue weighted by atomic mass is 10.2. The third kappa shape index (κ3) is 3.02. The molecule has 4 aromatic heterocycles. The Labute approximate surface area is 159 Å². The molecular formula is C19H18N6OS. The molecule has 0 aliphatic heterocycles. The summed E-state index contributed by atoms with van der Waals surface area (Å²) in [6, 6.07) is 8.35. The average Bonchev–Trinajstić information content (AvgIpc) is 3.09. The van der Waals surface area contributed by atoms with E-state index in [1.165, 1.54) is 12.8 Å². The first-order valence-corrected chi connectivity index (χ1v) is 9.73. The van der Waals surface area contributed by atoms with Crippen molar-refractivity contribution >= 4 is 28.4 Å². The minimum atomic E-state index is -0.0855. The van der Waals surface area contributed by atoms with Crippen LogP contribution in [-0.4, -0.2) is 42.6 Å². The van der Waals surface area contributed by atoms with Gasteiger partial charge in [-0.2, -0.15) is 5.10 Å². The fraction of sp³-hybridized carbons (Fsp3) is 0.263. The van der Waals surface area contributed by atoms with Crippen LogP contribution in [0.15, 0.2) is 42.2 Å².